The van der Waals surface area contributed by atoms with Gasteiger partial charge in [-0.2, -0.15) is 0 Å². The Labute approximate surface area is 194 Å². The van der Waals surface area contributed by atoms with Gasteiger partial charge in [0.05, 0.1) is 17.6 Å². The fourth-order valence-electron chi connectivity index (χ4n) is 9.32. The van der Waals surface area contributed by atoms with Gasteiger partial charge < -0.3 is 14.9 Å². The van der Waals surface area contributed by atoms with E-state index in [4.69, 9.17) is 4.74 Å². The van der Waals surface area contributed by atoms with Crippen LogP contribution in [0.2, 0.25) is 0 Å². The summed E-state index contributed by atoms with van der Waals surface area (Å²) < 4.78 is 6.05. The van der Waals surface area contributed by atoms with Gasteiger partial charge in [0, 0.05) is 5.92 Å². The van der Waals surface area contributed by atoms with Gasteiger partial charge in [0.1, 0.15) is 11.7 Å². The Bertz CT molecular complexity index is 805. The fraction of sp³-hybridized carbons (Fsp3) is 0.893. The number of ketones is 1. The Morgan fingerprint density at radius 3 is 2.53 bits per heavy atom. The molecule has 5 rings (SSSR count). The summed E-state index contributed by atoms with van der Waals surface area (Å²) in [7, 11) is 0. The van der Waals surface area contributed by atoms with Crippen LogP contribution >= 0.6 is 0 Å². The minimum absolute atomic E-state index is 0.0354. The third-order valence-corrected chi connectivity index (χ3v) is 11.5. The van der Waals surface area contributed by atoms with E-state index in [0.29, 0.717) is 24.2 Å². The Morgan fingerprint density at radius 1 is 1.12 bits per heavy atom. The van der Waals surface area contributed by atoms with Gasteiger partial charge >= 0.3 is 0 Å². The first-order valence-corrected chi connectivity index (χ1v) is 13.2. The molecule has 4 aliphatic carbocycles. The highest BCUT2D eigenvalue weighted by molar-refractivity contribution is 5.98. The highest BCUT2D eigenvalue weighted by Gasteiger charge is 2.80. The van der Waals surface area contributed by atoms with Crippen LogP contribution in [0.1, 0.15) is 80.1 Å². The minimum atomic E-state index is -0.827. The molecule has 0 aromatic carbocycles. The molecule has 0 bridgehead atoms. The molecule has 1 aliphatic heterocycles. The van der Waals surface area contributed by atoms with E-state index in [0.717, 1.165) is 24.7 Å². The molecule has 4 fully saturated rings. The Kier molecular flexibility index (Phi) is 5.33. The van der Waals surface area contributed by atoms with E-state index in [2.05, 4.69) is 34.6 Å². The zero-order chi connectivity index (χ0) is 23.2. The van der Waals surface area contributed by atoms with Crippen molar-refractivity contribution in [3.63, 3.8) is 0 Å². The molecule has 1 saturated heterocycles. The fourth-order valence-corrected chi connectivity index (χ4v) is 9.32. The first kappa shape index (κ1) is 23.1. The van der Waals surface area contributed by atoms with Gasteiger partial charge in [0.25, 0.3) is 0 Å². The third-order valence-electron chi connectivity index (χ3n) is 11.5. The second kappa shape index (κ2) is 7.39. The summed E-state index contributed by atoms with van der Waals surface area (Å²) in [6.45, 7) is 13.8. The molecule has 3 saturated carbocycles. The van der Waals surface area contributed by atoms with Crippen LogP contribution in [0.5, 0.6) is 0 Å². The van der Waals surface area contributed by atoms with Gasteiger partial charge in [0.15, 0.2) is 5.78 Å². The van der Waals surface area contributed by atoms with E-state index in [1.807, 2.05) is 13.0 Å². The molecule has 5 aliphatic rings. The first-order chi connectivity index (χ1) is 15.0. The number of carbonyl (C=O) groups excluding carboxylic acids is 1. The largest absolute Gasteiger partial charge is 0.393 e. The number of aliphatic hydroxyl groups excluding tert-OH is 2. The number of epoxide rings is 1. The van der Waals surface area contributed by atoms with Crippen molar-refractivity contribution in [2.75, 3.05) is 0 Å². The average Bonchev–Trinajstić information content (AvgIpc) is 3.37. The standard InChI is InChI=1S/C28H44O4/c1-15(2)16(3)7-8-17(4)19-9-10-20-18-13-23(31)28-24(32-28)12-11-22(30)27(28,6)25(18)21(29)14-26(19,20)5/h11-12,15-21,23-25,29,31H,7-10,13-14H2,1-6H3. The van der Waals surface area contributed by atoms with Gasteiger partial charge in [-0.3, -0.25) is 4.79 Å². The maximum absolute atomic E-state index is 13.3. The minimum Gasteiger partial charge on any atom is -0.393 e. The predicted molar refractivity (Wildman–Crippen MR) is 125 cm³/mol. The molecular weight excluding hydrogens is 400 g/mol. The molecular formula is C28H44O4. The normalized spacial score (nSPS) is 53.3. The van der Waals surface area contributed by atoms with Crippen LogP contribution in [-0.2, 0) is 9.53 Å². The van der Waals surface area contributed by atoms with Crippen molar-refractivity contribution in [2.24, 2.45) is 52.3 Å². The van der Waals surface area contributed by atoms with Crippen LogP contribution in [0.15, 0.2) is 12.2 Å². The maximum Gasteiger partial charge on any atom is 0.164 e. The van der Waals surface area contributed by atoms with E-state index in [1.54, 1.807) is 6.08 Å². The van der Waals surface area contributed by atoms with Gasteiger partial charge in [-0.25, -0.2) is 0 Å². The molecule has 0 aromatic rings. The lowest BCUT2D eigenvalue weighted by Crippen LogP contribution is -2.68. The van der Waals surface area contributed by atoms with Crippen LogP contribution in [0.3, 0.4) is 0 Å². The molecule has 180 valence electrons. The van der Waals surface area contributed by atoms with E-state index in [-0.39, 0.29) is 29.1 Å². The molecule has 1 spiro atoms. The van der Waals surface area contributed by atoms with E-state index in [1.165, 1.54) is 19.3 Å². The number of ether oxygens (including phenoxy) is 1. The van der Waals surface area contributed by atoms with Crippen LogP contribution in [0.25, 0.3) is 0 Å². The molecule has 4 heteroatoms. The van der Waals surface area contributed by atoms with Crippen molar-refractivity contribution in [3.05, 3.63) is 12.2 Å². The quantitative estimate of drug-likeness (QED) is 0.599. The number of carbonyl (C=O) groups is 1. The molecule has 4 nitrogen and oxygen atoms in total. The van der Waals surface area contributed by atoms with Gasteiger partial charge in [-0.15, -0.1) is 0 Å². The van der Waals surface area contributed by atoms with Gasteiger partial charge in [0.2, 0.25) is 0 Å². The summed E-state index contributed by atoms with van der Waals surface area (Å²) in [4.78, 5) is 13.3. The SMILES string of the molecule is CC(C)C(C)CCC(C)C1CCC2C3CC(O)C45OC4C=CC(=O)C5(C)C3C(O)CC12C. The van der Waals surface area contributed by atoms with Crippen LogP contribution < -0.4 is 0 Å². The molecule has 32 heavy (non-hydrogen) atoms. The molecule has 0 radical (unpaired) electrons. The monoisotopic (exact) mass is 444 g/mol. The van der Waals surface area contributed by atoms with Crippen LogP contribution in [0, 0.1) is 52.3 Å². The Balaban J connectivity index is 1.42. The molecule has 12 unspecified atom stereocenters. The highest BCUT2D eigenvalue weighted by Crippen LogP contribution is 2.72. The van der Waals surface area contributed by atoms with Crippen molar-refractivity contribution in [1.29, 1.82) is 0 Å². The molecule has 0 amide bonds. The number of aliphatic hydroxyl groups is 2. The molecule has 2 N–H and O–H groups in total. The van der Waals surface area contributed by atoms with E-state index >= 15 is 0 Å². The number of allylic oxidation sites excluding steroid dienone is 1. The number of hydrogen-bond donors (Lipinski definition) is 2. The van der Waals surface area contributed by atoms with Crippen molar-refractivity contribution in [2.45, 2.75) is 104 Å². The molecule has 1 heterocycles. The number of fused-ring (bicyclic) bond motifs is 4. The van der Waals surface area contributed by atoms with Crippen LogP contribution in [-0.4, -0.2) is 39.9 Å². The second-order valence-electron chi connectivity index (χ2n) is 13.0. The molecule has 12 atom stereocenters. The summed E-state index contributed by atoms with van der Waals surface area (Å²) in [5.41, 5.74) is -1.56. The summed E-state index contributed by atoms with van der Waals surface area (Å²) in [6.07, 6.45) is 8.45. The second-order valence-corrected chi connectivity index (χ2v) is 13.0. The smallest absolute Gasteiger partial charge is 0.164 e. The van der Waals surface area contributed by atoms with Gasteiger partial charge in [-0.05, 0) is 85.7 Å². The van der Waals surface area contributed by atoms with Gasteiger partial charge in [-0.1, -0.05) is 47.5 Å². The Morgan fingerprint density at radius 2 is 1.84 bits per heavy atom. The summed E-state index contributed by atoms with van der Waals surface area (Å²) in [5.74, 6) is 3.27. The maximum atomic E-state index is 13.3. The van der Waals surface area contributed by atoms with Crippen molar-refractivity contribution in [3.8, 4) is 0 Å². The first-order valence-electron chi connectivity index (χ1n) is 13.2. The van der Waals surface area contributed by atoms with E-state index in [9.17, 15) is 15.0 Å². The lowest BCUT2D eigenvalue weighted by Gasteiger charge is -2.61. The Hall–Kier alpha value is -0.710. The number of rotatable bonds is 5. The predicted octanol–water partition coefficient (Wildman–Crippen LogP) is 4.77. The average molecular weight is 445 g/mol. The van der Waals surface area contributed by atoms with Crippen LogP contribution in [0.4, 0.5) is 0 Å². The van der Waals surface area contributed by atoms with Crippen molar-refractivity contribution < 1.29 is 19.7 Å². The lowest BCUT2D eigenvalue weighted by molar-refractivity contribution is -0.197. The van der Waals surface area contributed by atoms with Crippen molar-refractivity contribution in [1.82, 2.24) is 0 Å². The summed E-state index contributed by atoms with van der Waals surface area (Å²) >= 11 is 0. The highest BCUT2D eigenvalue weighted by atomic mass is 16.6. The van der Waals surface area contributed by atoms with Crippen molar-refractivity contribution >= 4 is 5.78 Å². The summed E-state index contributed by atoms with van der Waals surface area (Å²) in [5, 5.41) is 22.9. The molecule has 0 aromatic heterocycles. The topological polar surface area (TPSA) is 70.1 Å². The van der Waals surface area contributed by atoms with E-state index < -0.39 is 23.2 Å². The lowest BCUT2D eigenvalue weighted by atomic mass is 9.43. The zero-order valence-electron chi connectivity index (χ0n) is 20.9. The third kappa shape index (κ3) is 2.81. The zero-order valence-corrected chi connectivity index (χ0v) is 20.9. The summed E-state index contributed by atoms with van der Waals surface area (Å²) in [6, 6.07) is 0. The number of hydrogen-bond acceptors (Lipinski definition) is 4.